The maximum Gasteiger partial charge on any atom is 0.326 e. The predicted octanol–water partition coefficient (Wildman–Crippen LogP) is 2.24. The van der Waals surface area contributed by atoms with Crippen LogP contribution in [0.25, 0.3) is 0 Å². The molecule has 0 bridgehead atoms. The minimum absolute atomic E-state index is 0.331. The minimum atomic E-state index is -0.976. The van der Waals surface area contributed by atoms with Crippen LogP contribution in [0.1, 0.15) is 39.0 Å². The van der Waals surface area contributed by atoms with Gasteiger partial charge in [-0.05, 0) is 19.3 Å². The summed E-state index contributed by atoms with van der Waals surface area (Å²) < 4.78 is 0. The molecule has 0 aliphatic heterocycles. The Morgan fingerprint density at radius 1 is 1.44 bits per heavy atom. The van der Waals surface area contributed by atoms with Crippen molar-refractivity contribution >= 4 is 12.0 Å². The fourth-order valence-electron chi connectivity index (χ4n) is 1.50. The third kappa shape index (κ3) is 6.93. The summed E-state index contributed by atoms with van der Waals surface area (Å²) in [6, 6.07) is -1.12. The van der Waals surface area contributed by atoms with Crippen molar-refractivity contribution in [1.82, 2.24) is 10.2 Å². The van der Waals surface area contributed by atoms with Gasteiger partial charge in [-0.25, -0.2) is 9.59 Å². The zero-order chi connectivity index (χ0) is 14.0. The average molecular weight is 256 g/mol. The maximum absolute atomic E-state index is 11.7. The fraction of sp³-hybridized carbons (Fsp3) is 0.692. The lowest BCUT2D eigenvalue weighted by Gasteiger charge is -2.21. The molecule has 0 aliphatic rings. The van der Waals surface area contributed by atoms with Crippen molar-refractivity contribution in [3.63, 3.8) is 0 Å². The zero-order valence-electron chi connectivity index (χ0n) is 11.3. The van der Waals surface area contributed by atoms with Crippen molar-refractivity contribution in [2.75, 3.05) is 13.6 Å². The number of carbonyl (C=O) groups is 2. The van der Waals surface area contributed by atoms with Gasteiger partial charge in [0.05, 0.1) is 0 Å². The van der Waals surface area contributed by atoms with Gasteiger partial charge in [-0.1, -0.05) is 25.8 Å². The topological polar surface area (TPSA) is 69.6 Å². The molecule has 0 fully saturated rings. The number of carboxylic acids is 1. The van der Waals surface area contributed by atoms with E-state index in [1.165, 1.54) is 4.90 Å². The Kier molecular flexibility index (Phi) is 8.70. The largest absolute Gasteiger partial charge is 0.480 e. The molecule has 2 amide bonds. The van der Waals surface area contributed by atoms with E-state index < -0.39 is 12.0 Å². The number of rotatable bonds is 9. The first-order chi connectivity index (χ1) is 8.52. The number of carboxylic acid groups (broad SMARTS) is 1. The second-order valence-electron chi connectivity index (χ2n) is 4.34. The first-order valence-corrected chi connectivity index (χ1v) is 6.38. The summed E-state index contributed by atoms with van der Waals surface area (Å²) >= 11 is 0. The Balaban J connectivity index is 4.14. The third-order valence-electron chi connectivity index (χ3n) is 2.69. The molecular formula is C13H24N2O3. The zero-order valence-corrected chi connectivity index (χ0v) is 11.3. The first kappa shape index (κ1) is 16.5. The summed E-state index contributed by atoms with van der Waals surface area (Å²) in [6.07, 6.45) is 5.65. The smallest absolute Gasteiger partial charge is 0.326 e. The van der Waals surface area contributed by atoms with E-state index in [0.717, 1.165) is 25.7 Å². The first-order valence-electron chi connectivity index (χ1n) is 6.38. The van der Waals surface area contributed by atoms with Crippen LogP contribution in [-0.4, -0.2) is 41.6 Å². The summed E-state index contributed by atoms with van der Waals surface area (Å²) in [5.41, 5.74) is 0. The highest BCUT2D eigenvalue weighted by Crippen LogP contribution is 2.02. The van der Waals surface area contributed by atoms with Crippen LogP contribution in [0.5, 0.6) is 0 Å². The standard InChI is InChI=1S/C13H24N2O3/c1-4-6-8-10-15(3)13(18)14-11(12(16)17)9-7-5-2/h4,11H,1,5-10H2,2-3H3,(H,14,18)(H,16,17)/t11-/m0/s1. The van der Waals surface area contributed by atoms with Gasteiger partial charge in [-0.3, -0.25) is 0 Å². The van der Waals surface area contributed by atoms with Crippen LogP contribution in [0, 0.1) is 0 Å². The van der Waals surface area contributed by atoms with Crippen molar-refractivity contribution in [3.8, 4) is 0 Å². The molecule has 0 aliphatic carbocycles. The van der Waals surface area contributed by atoms with Gasteiger partial charge in [0.25, 0.3) is 0 Å². The number of hydrogen-bond acceptors (Lipinski definition) is 2. The summed E-state index contributed by atoms with van der Waals surface area (Å²) in [7, 11) is 1.66. The Hall–Kier alpha value is -1.52. The van der Waals surface area contributed by atoms with E-state index >= 15 is 0 Å². The number of unbranched alkanes of at least 4 members (excludes halogenated alkanes) is 2. The third-order valence-corrected chi connectivity index (χ3v) is 2.69. The summed E-state index contributed by atoms with van der Waals surface area (Å²) in [5.74, 6) is -0.976. The molecular weight excluding hydrogens is 232 g/mol. The number of hydrogen-bond donors (Lipinski definition) is 2. The summed E-state index contributed by atoms with van der Waals surface area (Å²) in [5, 5.41) is 11.5. The van der Waals surface area contributed by atoms with E-state index in [1.807, 2.05) is 6.92 Å². The monoisotopic (exact) mass is 256 g/mol. The van der Waals surface area contributed by atoms with Crippen molar-refractivity contribution in [2.24, 2.45) is 0 Å². The molecule has 5 heteroatoms. The highest BCUT2D eigenvalue weighted by molar-refractivity contribution is 5.82. The Morgan fingerprint density at radius 3 is 2.61 bits per heavy atom. The van der Waals surface area contributed by atoms with Crippen LogP contribution < -0.4 is 5.32 Å². The lowest BCUT2D eigenvalue weighted by atomic mass is 10.1. The van der Waals surface area contributed by atoms with Crippen LogP contribution in [0.3, 0.4) is 0 Å². The number of urea groups is 1. The second-order valence-corrected chi connectivity index (χ2v) is 4.34. The number of allylic oxidation sites excluding steroid dienone is 1. The molecule has 0 aromatic carbocycles. The number of aliphatic carboxylic acids is 1. The molecule has 0 unspecified atom stereocenters. The van der Waals surface area contributed by atoms with Crippen molar-refractivity contribution in [3.05, 3.63) is 12.7 Å². The predicted molar refractivity (Wildman–Crippen MR) is 71.5 cm³/mol. The highest BCUT2D eigenvalue weighted by atomic mass is 16.4. The van der Waals surface area contributed by atoms with Gasteiger partial charge in [0, 0.05) is 13.6 Å². The van der Waals surface area contributed by atoms with Gasteiger partial charge in [-0.15, -0.1) is 6.58 Å². The van der Waals surface area contributed by atoms with Crippen LogP contribution in [0.15, 0.2) is 12.7 Å². The maximum atomic E-state index is 11.7. The van der Waals surface area contributed by atoms with Gasteiger partial charge in [0.15, 0.2) is 0 Å². The molecule has 0 rings (SSSR count). The normalized spacial score (nSPS) is 11.7. The quantitative estimate of drug-likeness (QED) is 0.491. The molecule has 5 nitrogen and oxygen atoms in total. The van der Waals surface area contributed by atoms with E-state index in [1.54, 1.807) is 13.1 Å². The number of carbonyl (C=O) groups excluding carboxylic acids is 1. The molecule has 2 N–H and O–H groups in total. The number of amides is 2. The second kappa shape index (κ2) is 9.50. The van der Waals surface area contributed by atoms with Gasteiger partial charge in [0.2, 0.25) is 0 Å². The fourth-order valence-corrected chi connectivity index (χ4v) is 1.50. The Labute approximate surface area is 109 Å². The van der Waals surface area contributed by atoms with Crippen LogP contribution in [-0.2, 0) is 4.79 Å². The molecule has 0 heterocycles. The SMILES string of the molecule is C=CCCCN(C)C(=O)N[C@@H](CCCC)C(=O)O. The Morgan fingerprint density at radius 2 is 2.11 bits per heavy atom. The highest BCUT2D eigenvalue weighted by Gasteiger charge is 2.20. The van der Waals surface area contributed by atoms with Crippen LogP contribution in [0.2, 0.25) is 0 Å². The molecule has 0 spiro atoms. The van der Waals surface area contributed by atoms with Crippen molar-refractivity contribution in [2.45, 2.75) is 45.1 Å². The van der Waals surface area contributed by atoms with Crippen LogP contribution in [0.4, 0.5) is 4.79 Å². The van der Waals surface area contributed by atoms with Gasteiger partial charge < -0.3 is 15.3 Å². The molecule has 0 radical (unpaired) electrons. The lowest BCUT2D eigenvalue weighted by Crippen LogP contribution is -2.46. The molecule has 0 aromatic heterocycles. The lowest BCUT2D eigenvalue weighted by molar-refractivity contribution is -0.139. The number of nitrogens with one attached hydrogen (secondary N) is 1. The van der Waals surface area contributed by atoms with Crippen molar-refractivity contribution < 1.29 is 14.7 Å². The summed E-state index contributed by atoms with van der Waals surface area (Å²) in [6.45, 7) is 6.19. The average Bonchev–Trinajstić information content (AvgIpc) is 2.33. The van der Waals surface area contributed by atoms with E-state index in [4.69, 9.17) is 5.11 Å². The van der Waals surface area contributed by atoms with Gasteiger partial charge >= 0.3 is 12.0 Å². The molecule has 18 heavy (non-hydrogen) atoms. The molecule has 104 valence electrons. The van der Waals surface area contributed by atoms with Crippen LogP contribution >= 0.6 is 0 Å². The Bertz CT molecular complexity index is 279. The van der Waals surface area contributed by atoms with Crippen molar-refractivity contribution in [1.29, 1.82) is 0 Å². The van der Waals surface area contributed by atoms with E-state index in [0.29, 0.717) is 13.0 Å². The van der Waals surface area contributed by atoms with E-state index in [-0.39, 0.29) is 6.03 Å². The van der Waals surface area contributed by atoms with E-state index in [2.05, 4.69) is 11.9 Å². The van der Waals surface area contributed by atoms with E-state index in [9.17, 15) is 9.59 Å². The molecule has 0 aromatic rings. The molecule has 0 saturated heterocycles. The minimum Gasteiger partial charge on any atom is -0.480 e. The molecule has 1 atom stereocenters. The number of nitrogens with zero attached hydrogens (tertiary/aromatic N) is 1. The van der Waals surface area contributed by atoms with Gasteiger partial charge in [-0.2, -0.15) is 0 Å². The summed E-state index contributed by atoms with van der Waals surface area (Å²) in [4.78, 5) is 24.2. The van der Waals surface area contributed by atoms with Gasteiger partial charge in [0.1, 0.15) is 6.04 Å². The molecule has 0 saturated carbocycles.